The zero-order valence-corrected chi connectivity index (χ0v) is 11.3. The average molecular weight is 310 g/mol. The Balaban J connectivity index is 2.77. The first kappa shape index (κ1) is 16.4. The smallest absolute Gasteiger partial charge is 0.315 e. The number of rotatable bonds is 4. The normalized spacial score (nSPS) is 12.2. The largest absolute Gasteiger partial charge is 0.389 e. The lowest BCUT2D eigenvalue weighted by molar-refractivity contribution is -0.142. The molecule has 112 valence electrons. The maximum absolute atomic E-state index is 12.0. The van der Waals surface area contributed by atoms with Gasteiger partial charge < -0.3 is 4.90 Å². The number of hydrogen-bond donors (Lipinski definition) is 1. The van der Waals surface area contributed by atoms with Crippen LogP contribution in [0, 0.1) is 0 Å². The third-order valence-corrected chi connectivity index (χ3v) is 3.48. The molecular weight excluding hydrogens is 297 g/mol. The highest BCUT2D eigenvalue weighted by Crippen LogP contribution is 2.23. The van der Waals surface area contributed by atoms with Gasteiger partial charge in [0.15, 0.2) is 0 Å². The van der Waals surface area contributed by atoms with Gasteiger partial charge in [0.1, 0.15) is 0 Å². The molecule has 0 fully saturated rings. The quantitative estimate of drug-likeness (QED) is 0.918. The van der Waals surface area contributed by atoms with Crippen molar-refractivity contribution in [1.82, 2.24) is 0 Å². The molecule has 0 spiro atoms. The van der Waals surface area contributed by atoms with Crippen LogP contribution >= 0.6 is 0 Å². The standard InChI is InChI=1S/C11H13F3N2O3S/c1-16(10(17)6-7-11(12,13)14)8-2-4-9(5-3-8)20(15,18)19/h2-5H,6-7H2,1H3,(H2,15,18,19). The molecule has 0 aliphatic heterocycles. The zero-order valence-electron chi connectivity index (χ0n) is 10.5. The van der Waals surface area contributed by atoms with E-state index in [-0.39, 0.29) is 10.6 Å². The second kappa shape index (κ2) is 5.80. The van der Waals surface area contributed by atoms with Gasteiger partial charge in [-0.05, 0) is 24.3 Å². The Kier molecular flexibility index (Phi) is 4.77. The lowest BCUT2D eigenvalue weighted by Gasteiger charge is -2.18. The number of benzene rings is 1. The molecule has 0 atom stereocenters. The fourth-order valence-corrected chi connectivity index (χ4v) is 1.94. The van der Waals surface area contributed by atoms with Gasteiger partial charge in [-0.2, -0.15) is 13.2 Å². The van der Waals surface area contributed by atoms with Crippen molar-refractivity contribution in [2.24, 2.45) is 5.14 Å². The Morgan fingerprint density at radius 3 is 2.15 bits per heavy atom. The highest BCUT2D eigenvalue weighted by molar-refractivity contribution is 7.89. The first-order valence-electron chi connectivity index (χ1n) is 5.47. The van der Waals surface area contributed by atoms with Crippen LogP contribution in [0.15, 0.2) is 29.2 Å². The molecule has 1 rings (SSSR count). The van der Waals surface area contributed by atoms with Crippen molar-refractivity contribution in [2.75, 3.05) is 11.9 Å². The number of carbonyl (C=O) groups is 1. The summed E-state index contributed by atoms with van der Waals surface area (Å²) >= 11 is 0. The molecule has 2 N–H and O–H groups in total. The van der Waals surface area contributed by atoms with E-state index >= 15 is 0 Å². The molecular formula is C11H13F3N2O3S. The molecule has 0 unspecified atom stereocenters. The van der Waals surface area contributed by atoms with Crippen molar-refractivity contribution in [3.05, 3.63) is 24.3 Å². The van der Waals surface area contributed by atoms with E-state index < -0.39 is 34.9 Å². The first-order chi connectivity index (χ1) is 9.00. The van der Waals surface area contributed by atoms with Crippen LogP contribution in [0.1, 0.15) is 12.8 Å². The number of nitrogens with zero attached hydrogens (tertiary/aromatic N) is 1. The molecule has 0 heterocycles. The highest BCUT2D eigenvalue weighted by atomic mass is 32.2. The summed E-state index contributed by atoms with van der Waals surface area (Å²) in [6, 6.07) is 4.95. The predicted molar refractivity (Wildman–Crippen MR) is 66.5 cm³/mol. The number of sulfonamides is 1. The summed E-state index contributed by atoms with van der Waals surface area (Å²) in [5.41, 5.74) is 0.282. The van der Waals surface area contributed by atoms with E-state index in [1.165, 1.54) is 31.3 Å². The topological polar surface area (TPSA) is 80.5 Å². The number of hydrogen-bond acceptors (Lipinski definition) is 3. The molecule has 1 amide bonds. The van der Waals surface area contributed by atoms with E-state index in [0.717, 1.165) is 4.90 Å². The highest BCUT2D eigenvalue weighted by Gasteiger charge is 2.28. The number of alkyl halides is 3. The summed E-state index contributed by atoms with van der Waals surface area (Å²) < 4.78 is 58.1. The van der Waals surface area contributed by atoms with Crippen LogP contribution in [0.3, 0.4) is 0 Å². The predicted octanol–water partition coefficient (Wildman–Crippen LogP) is 1.64. The molecule has 0 aliphatic carbocycles. The van der Waals surface area contributed by atoms with Crippen LogP contribution in [0.25, 0.3) is 0 Å². The van der Waals surface area contributed by atoms with Crippen molar-refractivity contribution in [1.29, 1.82) is 0 Å². The lowest BCUT2D eigenvalue weighted by atomic mass is 10.2. The minimum Gasteiger partial charge on any atom is -0.315 e. The van der Waals surface area contributed by atoms with E-state index in [2.05, 4.69) is 0 Å². The summed E-state index contributed by atoms with van der Waals surface area (Å²) in [6.07, 6.45) is -6.27. The fourth-order valence-electron chi connectivity index (χ4n) is 1.42. The van der Waals surface area contributed by atoms with Crippen molar-refractivity contribution in [2.45, 2.75) is 23.9 Å². The minimum atomic E-state index is -4.39. The van der Waals surface area contributed by atoms with Gasteiger partial charge in [0.25, 0.3) is 0 Å². The average Bonchev–Trinajstić information content (AvgIpc) is 2.33. The Labute approximate surface area is 114 Å². The van der Waals surface area contributed by atoms with Crippen molar-refractivity contribution in [3.63, 3.8) is 0 Å². The Bertz CT molecular complexity index is 582. The van der Waals surface area contributed by atoms with Gasteiger partial charge in [0.2, 0.25) is 15.9 Å². The first-order valence-corrected chi connectivity index (χ1v) is 7.01. The minimum absolute atomic E-state index is 0.141. The van der Waals surface area contributed by atoms with Crippen molar-refractivity contribution < 1.29 is 26.4 Å². The van der Waals surface area contributed by atoms with E-state index in [9.17, 15) is 26.4 Å². The van der Waals surface area contributed by atoms with Crippen LogP contribution in [0.5, 0.6) is 0 Å². The molecule has 0 aliphatic rings. The van der Waals surface area contributed by atoms with Gasteiger partial charge in [-0.3, -0.25) is 4.79 Å². The maximum Gasteiger partial charge on any atom is 0.389 e. The monoisotopic (exact) mass is 310 g/mol. The molecule has 0 saturated heterocycles. The zero-order chi connectivity index (χ0) is 15.6. The molecule has 0 bridgehead atoms. The van der Waals surface area contributed by atoms with Gasteiger partial charge in [0.05, 0.1) is 11.3 Å². The number of nitrogens with two attached hydrogens (primary N) is 1. The van der Waals surface area contributed by atoms with Gasteiger partial charge in [-0.25, -0.2) is 13.6 Å². The van der Waals surface area contributed by atoms with E-state index in [1.54, 1.807) is 0 Å². The SMILES string of the molecule is CN(C(=O)CCC(F)(F)F)c1ccc(S(N)(=O)=O)cc1. The summed E-state index contributed by atoms with van der Waals surface area (Å²) in [6.45, 7) is 0. The fraction of sp³-hybridized carbons (Fsp3) is 0.364. The maximum atomic E-state index is 12.0. The summed E-state index contributed by atoms with van der Waals surface area (Å²) in [4.78, 5) is 12.4. The summed E-state index contributed by atoms with van der Waals surface area (Å²) in [7, 11) is -2.54. The van der Waals surface area contributed by atoms with Crippen LogP contribution < -0.4 is 10.0 Å². The molecule has 0 aromatic heterocycles. The number of amides is 1. The van der Waals surface area contributed by atoms with Crippen LogP contribution in [0.2, 0.25) is 0 Å². The molecule has 0 radical (unpaired) electrons. The summed E-state index contributed by atoms with van der Waals surface area (Å²) in [5, 5.41) is 4.90. The third-order valence-electron chi connectivity index (χ3n) is 2.55. The number of primary sulfonamides is 1. The Morgan fingerprint density at radius 1 is 1.25 bits per heavy atom. The van der Waals surface area contributed by atoms with Crippen molar-refractivity contribution in [3.8, 4) is 0 Å². The molecule has 9 heteroatoms. The molecule has 20 heavy (non-hydrogen) atoms. The van der Waals surface area contributed by atoms with Gasteiger partial charge >= 0.3 is 6.18 Å². The second-order valence-corrected chi connectivity index (χ2v) is 5.67. The van der Waals surface area contributed by atoms with Gasteiger partial charge in [0, 0.05) is 19.2 Å². The Morgan fingerprint density at radius 2 is 1.75 bits per heavy atom. The van der Waals surface area contributed by atoms with Crippen LogP contribution in [-0.2, 0) is 14.8 Å². The molecule has 5 nitrogen and oxygen atoms in total. The molecule has 0 saturated carbocycles. The molecule has 1 aromatic carbocycles. The Hall–Kier alpha value is -1.61. The summed E-state index contributed by atoms with van der Waals surface area (Å²) in [5.74, 6) is -0.717. The van der Waals surface area contributed by atoms with E-state index in [0.29, 0.717) is 0 Å². The second-order valence-electron chi connectivity index (χ2n) is 4.11. The number of halogens is 3. The van der Waals surface area contributed by atoms with Gasteiger partial charge in [-0.1, -0.05) is 0 Å². The van der Waals surface area contributed by atoms with Crippen molar-refractivity contribution >= 4 is 21.6 Å². The van der Waals surface area contributed by atoms with Crippen LogP contribution in [-0.4, -0.2) is 27.5 Å². The third kappa shape index (κ3) is 4.82. The van der Waals surface area contributed by atoms with E-state index in [4.69, 9.17) is 5.14 Å². The number of carbonyl (C=O) groups excluding carboxylic acids is 1. The number of anilines is 1. The lowest BCUT2D eigenvalue weighted by Crippen LogP contribution is -2.27. The van der Waals surface area contributed by atoms with Gasteiger partial charge in [-0.15, -0.1) is 0 Å². The van der Waals surface area contributed by atoms with Crippen LogP contribution in [0.4, 0.5) is 18.9 Å². The van der Waals surface area contributed by atoms with E-state index in [1.807, 2.05) is 0 Å². The molecule has 1 aromatic rings.